The molecule has 5 nitrogen and oxygen atoms in total. The third kappa shape index (κ3) is 6.56. The molecule has 19 heavy (non-hydrogen) atoms. The Bertz CT molecular complexity index is 267. The predicted octanol–water partition coefficient (Wildman–Crippen LogP) is 0.144. The normalized spacial score (nSPS) is 20.7. The molecule has 0 aromatic carbocycles. The largest absolute Gasteiger partial charge is 0.351 e. The van der Waals surface area contributed by atoms with Crippen molar-refractivity contribution in [2.75, 3.05) is 39.8 Å². The monoisotopic (exact) mass is 292 g/mol. The van der Waals surface area contributed by atoms with E-state index in [1.165, 1.54) is 0 Å². The minimum atomic E-state index is -0.403. The Kier molecular flexibility index (Phi) is 8.57. The van der Waals surface area contributed by atoms with Gasteiger partial charge in [0.25, 0.3) is 0 Å². The average molecular weight is 293 g/mol. The summed E-state index contributed by atoms with van der Waals surface area (Å²) in [7, 11) is 2.14. The number of hydrogen-bond donors (Lipinski definition) is 2. The van der Waals surface area contributed by atoms with Gasteiger partial charge < -0.3 is 16.0 Å². The lowest BCUT2D eigenvalue weighted by Gasteiger charge is -2.34. The van der Waals surface area contributed by atoms with Gasteiger partial charge in [0.2, 0.25) is 5.91 Å². The molecule has 3 N–H and O–H groups in total. The van der Waals surface area contributed by atoms with E-state index in [0.29, 0.717) is 0 Å². The van der Waals surface area contributed by atoms with Crippen molar-refractivity contribution in [2.45, 2.75) is 32.9 Å². The summed E-state index contributed by atoms with van der Waals surface area (Å²) in [5, 5.41) is 3.00. The van der Waals surface area contributed by atoms with Crippen molar-refractivity contribution >= 4 is 18.3 Å². The molecule has 0 spiro atoms. The first-order chi connectivity index (χ1) is 8.40. The highest BCUT2D eigenvalue weighted by Gasteiger charge is 2.21. The Hall–Kier alpha value is -0.360. The number of likely N-dealkylation sites (N-methyl/N-ethyl adjacent to an activating group) is 1. The second-order valence-corrected chi connectivity index (χ2v) is 5.78. The maximum absolute atomic E-state index is 11.8. The zero-order valence-electron chi connectivity index (χ0n) is 12.6. The molecule has 2 atom stereocenters. The first-order valence-electron chi connectivity index (χ1n) is 6.87. The fraction of sp³-hybridized carbons (Fsp3) is 0.923. The molecule has 0 saturated carbocycles. The van der Waals surface area contributed by atoms with Crippen LogP contribution in [0.5, 0.6) is 0 Å². The van der Waals surface area contributed by atoms with Gasteiger partial charge in [0.15, 0.2) is 0 Å². The van der Waals surface area contributed by atoms with Crippen molar-refractivity contribution in [3.05, 3.63) is 0 Å². The standard InChI is InChI=1S/C13H28N4O.ClH/c1-10(2)12(14)13(18)15-11(3)9-17-7-5-16(4)6-8-17;/h10-12H,5-9,14H2,1-4H3,(H,15,18);1H/t11?,12-;/m0./s1. The van der Waals surface area contributed by atoms with Crippen molar-refractivity contribution in [3.63, 3.8) is 0 Å². The smallest absolute Gasteiger partial charge is 0.237 e. The number of hydrogen-bond acceptors (Lipinski definition) is 4. The van der Waals surface area contributed by atoms with Gasteiger partial charge in [0.1, 0.15) is 0 Å². The molecule has 0 radical (unpaired) electrons. The van der Waals surface area contributed by atoms with E-state index in [2.05, 4.69) is 22.2 Å². The highest BCUT2D eigenvalue weighted by atomic mass is 35.5. The summed E-state index contributed by atoms with van der Waals surface area (Å²) in [6.07, 6.45) is 0. The van der Waals surface area contributed by atoms with Crippen LogP contribution < -0.4 is 11.1 Å². The van der Waals surface area contributed by atoms with Crippen molar-refractivity contribution in [3.8, 4) is 0 Å². The number of rotatable bonds is 5. The van der Waals surface area contributed by atoms with Crippen molar-refractivity contribution < 1.29 is 4.79 Å². The van der Waals surface area contributed by atoms with Crippen LogP contribution in [0.2, 0.25) is 0 Å². The average Bonchev–Trinajstić information content (AvgIpc) is 2.30. The molecule has 1 saturated heterocycles. The molecule has 1 fully saturated rings. The van der Waals surface area contributed by atoms with Gasteiger partial charge in [-0.15, -0.1) is 12.4 Å². The maximum Gasteiger partial charge on any atom is 0.237 e. The number of nitrogens with one attached hydrogen (secondary N) is 1. The number of amides is 1. The summed E-state index contributed by atoms with van der Waals surface area (Å²) in [6.45, 7) is 11.2. The van der Waals surface area contributed by atoms with Crippen LogP contribution in [0.15, 0.2) is 0 Å². The maximum atomic E-state index is 11.8. The van der Waals surface area contributed by atoms with Gasteiger partial charge in [-0.2, -0.15) is 0 Å². The van der Waals surface area contributed by atoms with E-state index in [9.17, 15) is 4.79 Å². The first kappa shape index (κ1) is 18.6. The molecule has 1 aliphatic rings. The van der Waals surface area contributed by atoms with E-state index in [-0.39, 0.29) is 30.3 Å². The third-order valence-electron chi connectivity index (χ3n) is 3.54. The molecular weight excluding hydrogens is 264 g/mol. The summed E-state index contributed by atoms with van der Waals surface area (Å²) in [6, 6.07) is -0.245. The summed E-state index contributed by atoms with van der Waals surface area (Å²) in [4.78, 5) is 16.5. The van der Waals surface area contributed by atoms with Crippen LogP contribution in [0.1, 0.15) is 20.8 Å². The van der Waals surface area contributed by atoms with E-state index in [0.717, 1.165) is 32.7 Å². The van der Waals surface area contributed by atoms with Gasteiger partial charge in [-0.05, 0) is 19.9 Å². The summed E-state index contributed by atoms with van der Waals surface area (Å²) < 4.78 is 0. The van der Waals surface area contributed by atoms with Crippen LogP contribution in [0, 0.1) is 5.92 Å². The molecule has 0 bridgehead atoms. The van der Waals surface area contributed by atoms with E-state index < -0.39 is 6.04 Å². The summed E-state index contributed by atoms with van der Waals surface area (Å²) in [5.74, 6) is 0.146. The molecule has 0 aromatic heterocycles. The van der Waals surface area contributed by atoms with Crippen molar-refractivity contribution in [2.24, 2.45) is 11.7 Å². The number of nitrogens with two attached hydrogens (primary N) is 1. The molecule has 114 valence electrons. The summed E-state index contributed by atoms with van der Waals surface area (Å²) >= 11 is 0. The van der Waals surface area contributed by atoms with Crippen molar-refractivity contribution in [1.29, 1.82) is 0 Å². The van der Waals surface area contributed by atoms with Crippen LogP contribution >= 0.6 is 12.4 Å². The lowest BCUT2D eigenvalue weighted by Crippen LogP contribution is -2.52. The fourth-order valence-electron chi connectivity index (χ4n) is 2.11. The minimum absolute atomic E-state index is 0. The number of nitrogens with zero attached hydrogens (tertiary/aromatic N) is 2. The SMILES string of the molecule is CC(CN1CCN(C)CC1)NC(=O)[C@@H](N)C(C)C.Cl. The van der Waals surface area contributed by atoms with Crippen LogP contribution in [0.25, 0.3) is 0 Å². The lowest BCUT2D eigenvalue weighted by molar-refractivity contribution is -0.124. The van der Waals surface area contributed by atoms with Gasteiger partial charge in [-0.3, -0.25) is 9.69 Å². The molecule has 1 unspecified atom stereocenters. The van der Waals surface area contributed by atoms with Gasteiger partial charge in [-0.25, -0.2) is 0 Å². The Morgan fingerprint density at radius 1 is 1.21 bits per heavy atom. The Balaban J connectivity index is 0.00000324. The molecule has 0 aromatic rings. The van der Waals surface area contributed by atoms with Gasteiger partial charge >= 0.3 is 0 Å². The Morgan fingerprint density at radius 3 is 2.21 bits per heavy atom. The number of piperazine rings is 1. The predicted molar refractivity (Wildman–Crippen MR) is 81.6 cm³/mol. The molecule has 6 heteroatoms. The van der Waals surface area contributed by atoms with Gasteiger partial charge in [-0.1, -0.05) is 13.8 Å². The number of halogens is 1. The van der Waals surface area contributed by atoms with Crippen LogP contribution in [0.3, 0.4) is 0 Å². The first-order valence-corrected chi connectivity index (χ1v) is 6.87. The molecule has 0 aliphatic carbocycles. The van der Waals surface area contributed by atoms with E-state index >= 15 is 0 Å². The quantitative estimate of drug-likeness (QED) is 0.757. The second-order valence-electron chi connectivity index (χ2n) is 5.78. The van der Waals surface area contributed by atoms with Crippen molar-refractivity contribution in [1.82, 2.24) is 15.1 Å². The Morgan fingerprint density at radius 2 is 1.74 bits per heavy atom. The molecule has 1 aliphatic heterocycles. The zero-order chi connectivity index (χ0) is 13.7. The topological polar surface area (TPSA) is 61.6 Å². The summed E-state index contributed by atoms with van der Waals surface area (Å²) in [5.41, 5.74) is 5.83. The zero-order valence-corrected chi connectivity index (χ0v) is 13.4. The van der Waals surface area contributed by atoms with E-state index in [1.54, 1.807) is 0 Å². The van der Waals surface area contributed by atoms with E-state index in [1.807, 2.05) is 20.8 Å². The molecule has 1 heterocycles. The van der Waals surface area contributed by atoms with E-state index in [4.69, 9.17) is 5.73 Å². The highest BCUT2D eigenvalue weighted by molar-refractivity contribution is 5.85. The second kappa shape index (κ2) is 8.74. The van der Waals surface area contributed by atoms with Crippen LogP contribution in [0.4, 0.5) is 0 Å². The fourth-order valence-corrected chi connectivity index (χ4v) is 2.11. The lowest BCUT2D eigenvalue weighted by atomic mass is 10.0. The number of carbonyl (C=O) groups is 1. The minimum Gasteiger partial charge on any atom is -0.351 e. The molecule has 1 amide bonds. The van der Waals surface area contributed by atoms with Gasteiger partial charge in [0.05, 0.1) is 6.04 Å². The number of carbonyl (C=O) groups excluding carboxylic acids is 1. The highest BCUT2D eigenvalue weighted by Crippen LogP contribution is 2.02. The molecular formula is C13H29ClN4O. The van der Waals surface area contributed by atoms with Crippen LogP contribution in [-0.2, 0) is 4.79 Å². The third-order valence-corrected chi connectivity index (χ3v) is 3.54. The Labute approximate surface area is 123 Å². The molecule has 1 rings (SSSR count). The van der Waals surface area contributed by atoms with Crippen LogP contribution in [-0.4, -0.2) is 67.6 Å². The van der Waals surface area contributed by atoms with Gasteiger partial charge in [0, 0.05) is 38.8 Å².